The van der Waals surface area contributed by atoms with Crippen LogP contribution in [-0.2, 0) is 78.2 Å². The van der Waals surface area contributed by atoms with Crippen LogP contribution in [0.2, 0.25) is 0 Å². The summed E-state index contributed by atoms with van der Waals surface area (Å²) in [5.41, 5.74) is 0.519. The zero-order valence-electron chi connectivity index (χ0n) is 50.7. The first-order valence-electron chi connectivity index (χ1n) is 23.1. The number of hydrogen-bond acceptors (Lipinski definition) is 30. The second kappa shape index (κ2) is 76.7. The molecule has 0 bridgehead atoms. The fraction of sp³-hybridized carbons (Fsp3) is 0.333. The number of hydrogen-bond donors (Lipinski definition) is 4. The first-order valence-corrected chi connectivity index (χ1v) is 23.1. The van der Waals surface area contributed by atoms with Crippen LogP contribution >= 0.6 is 0 Å². The third-order valence-electron chi connectivity index (χ3n) is 7.43. The number of nitrogens with one attached hydrogen (secondary N) is 2. The smallest absolute Gasteiger partial charge is 0.870 e. The van der Waals surface area contributed by atoms with Crippen molar-refractivity contribution >= 4 is 60.1 Å². The fourth-order valence-corrected chi connectivity index (χ4v) is 4.59. The SMILES string of the molecule is CC#N.CC#N.CC(=O)[O-].CC(=O)[O-].CC(=O)[O-].CC(=O)[O-].CC(=O)[O-].CC(=O)[O-].COc1cccc(C=NC[C@H](O)CNC(=O)c2cccc(OC)c2[O-])c1[O-].COc1cccc(C=NC[C@H](O)CNC(=O)c2cccc(OC)c2[O-])c1[O-].O.[Ni+2].[Ni+3].[Ni+3].[OH-].[OH-].[Tb].[Tb]. The maximum absolute atomic E-state index is 12.1. The van der Waals surface area contributed by atoms with Crippen LogP contribution in [0.25, 0.3) is 0 Å². The van der Waals surface area contributed by atoms with Gasteiger partial charge in [0.15, 0.2) is 0 Å². The fourth-order valence-electron chi connectivity index (χ4n) is 4.59. The molecule has 0 aliphatic rings. The van der Waals surface area contributed by atoms with Crippen LogP contribution in [0.15, 0.2) is 82.8 Å². The minimum Gasteiger partial charge on any atom is -0.870 e. The number of aliphatic hydroxyl groups excluding tert-OH is 2. The Labute approximate surface area is 622 Å². The summed E-state index contributed by atoms with van der Waals surface area (Å²) in [6.07, 6.45) is 0.722. The molecule has 4 rings (SSSR count). The molecule has 92 heavy (non-hydrogen) atoms. The molecule has 0 saturated carbocycles. The molecular weight excluding hydrogens is 1660 g/mol. The van der Waals surface area contributed by atoms with Gasteiger partial charge in [-0.2, -0.15) is 10.5 Å². The molecule has 0 saturated heterocycles. The van der Waals surface area contributed by atoms with E-state index in [4.69, 9.17) is 88.9 Å². The molecule has 0 heterocycles. The van der Waals surface area contributed by atoms with E-state index in [1.165, 1.54) is 91.1 Å². The average molecular weight is 1730 g/mol. The predicted octanol–water partition coefficient (Wildman–Crippen LogP) is -7.47. The Kier molecular flexibility index (Phi) is 99.3. The molecule has 0 aromatic heterocycles. The molecule has 4 aromatic rings. The van der Waals surface area contributed by atoms with Gasteiger partial charge < -0.3 is 136 Å². The van der Waals surface area contributed by atoms with Crippen molar-refractivity contribution in [3.63, 3.8) is 0 Å². The Morgan fingerprint density at radius 2 is 0.663 bits per heavy atom. The zero-order chi connectivity index (χ0) is 66.5. The molecular formula is C54H68N6Ni3O27Tb2-4. The van der Waals surface area contributed by atoms with E-state index in [0.717, 1.165) is 41.5 Å². The van der Waals surface area contributed by atoms with Gasteiger partial charge in [-0.15, -0.1) is 0 Å². The first kappa shape index (κ1) is 119. The van der Waals surface area contributed by atoms with E-state index >= 15 is 0 Å². The summed E-state index contributed by atoms with van der Waals surface area (Å²) in [7, 11) is 5.49. The third kappa shape index (κ3) is 73.9. The van der Waals surface area contributed by atoms with Gasteiger partial charge in [0.1, 0.15) is 23.0 Å². The number of amides is 2. The van der Waals surface area contributed by atoms with Crippen molar-refractivity contribution in [3.05, 3.63) is 95.1 Å². The van der Waals surface area contributed by atoms with E-state index in [9.17, 15) is 40.2 Å². The number of carbonyl (C=O) groups is 8. The van der Waals surface area contributed by atoms with E-state index < -0.39 is 71.3 Å². The molecule has 2 amide bonds. The Balaban J connectivity index is -0.0000000722. The normalized spacial score (nSPS) is 8.83. The first-order chi connectivity index (χ1) is 39.2. The number of ether oxygens (including phenoxy) is 4. The molecule has 33 nitrogen and oxygen atoms in total. The van der Waals surface area contributed by atoms with Gasteiger partial charge in [-0.1, -0.05) is 59.4 Å². The number of carbonyl (C=O) groups excluding carboxylic acids is 8. The van der Waals surface area contributed by atoms with Gasteiger partial charge in [0.25, 0.3) is 11.8 Å². The maximum atomic E-state index is 12.1. The second-order valence-corrected chi connectivity index (χ2v) is 14.5. The van der Waals surface area contributed by atoms with Crippen molar-refractivity contribution in [2.45, 2.75) is 67.6 Å². The molecule has 38 heteroatoms. The van der Waals surface area contributed by atoms with Crippen LogP contribution in [-0.4, -0.2) is 154 Å². The topological polar surface area (TPSA) is 632 Å². The third-order valence-corrected chi connectivity index (χ3v) is 7.43. The second-order valence-electron chi connectivity index (χ2n) is 14.5. The summed E-state index contributed by atoms with van der Waals surface area (Å²) < 4.78 is 19.7. The molecule has 0 unspecified atom stereocenters. The summed E-state index contributed by atoms with van der Waals surface area (Å²) in [6, 6.07) is 21.8. The number of para-hydroxylation sites is 4. The summed E-state index contributed by atoms with van der Waals surface area (Å²) >= 11 is 0. The van der Waals surface area contributed by atoms with Crippen LogP contribution in [0.5, 0.6) is 46.0 Å². The van der Waals surface area contributed by atoms with Crippen molar-refractivity contribution in [3.8, 4) is 58.1 Å². The largest absolute Gasteiger partial charge is 3.00 e. The van der Waals surface area contributed by atoms with Gasteiger partial charge in [-0.3, -0.25) is 19.6 Å². The van der Waals surface area contributed by atoms with Crippen LogP contribution in [0.1, 0.15) is 87.2 Å². The monoisotopic (exact) mass is 1720 g/mol. The molecule has 0 aliphatic carbocycles. The molecule has 0 aliphatic heterocycles. The zero-order valence-corrected chi connectivity index (χ0v) is 58.0. The molecule has 528 valence electrons. The van der Waals surface area contributed by atoms with Crippen LogP contribution in [0, 0.1) is 99.9 Å². The average Bonchev–Trinajstić information content (AvgIpc) is 3.38. The summed E-state index contributed by atoms with van der Waals surface area (Å²) in [5.74, 6) is -8.82. The maximum Gasteiger partial charge on any atom is 3.00 e. The Morgan fingerprint density at radius 3 is 0.859 bits per heavy atom. The summed E-state index contributed by atoms with van der Waals surface area (Å²) in [4.78, 5) is 85.5. The number of aliphatic carboxylic acids is 6. The number of carboxylic acid groups (broad SMARTS) is 6. The number of nitrogens with zero attached hydrogens (tertiary/aromatic N) is 4. The molecule has 0 fully saturated rings. The van der Waals surface area contributed by atoms with E-state index in [0.29, 0.717) is 11.1 Å². The quantitative estimate of drug-likeness (QED) is 0.0598. The Bertz CT molecular complexity index is 2530. The van der Waals surface area contributed by atoms with Crippen molar-refractivity contribution in [1.82, 2.24) is 10.6 Å². The van der Waals surface area contributed by atoms with Crippen molar-refractivity contribution in [2.75, 3.05) is 54.6 Å². The summed E-state index contributed by atoms with van der Waals surface area (Å²) in [5, 5.41) is 141. The van der Waals surface area contributed by atoms with Crippen molar-refractivity contribution in [1.29, 1.82) is 10.5 Å². The van der Waals surface area contributed by atoms with Gasteiger partial charge in [-0.25, -0.2) is 0 Å². The number of rotatable bonds is 16. The minimum absolute atomic E-state index is 0. The van der Waals surface area contributed by atoms with Gasteiger partial charge in [-0.05, 0) is 89.1 Å². The molecule has 4 radical (unpaired) electrons. The predicted molar refractivity (Wildman–Crippen MR) is 286 cm³/mol. The minimum atomic E-state index is -1.08. The molecule has 0 spiro atoms. The number of aliphatic imine (C=N–C) groups is 2. The van der Waals surface area contributed by atoms with Crippen molar-refractivity contribution < 1.29 is 262 Å². The Morgan fingerprint density at radius 1 is 0.478 bits per heavy atom. The van der Waals surface area contributed by atoms with Crippen LogP contribution in [0.3, 0.4) is 0 Å². The van der Waals surface area contributed by atoms with E-state index in [-0.39, 0.29) is 215 Å². The number of nitriles is 2. The van der Waals surface area contributed by atoms with E-state index in [1.54, 1.807) is 48.5 Å². The molecule has 2 atom stereocenters. The van der Waals surface area contributed by atoms with Gasteiger partial charge in [0.05, 0.1) is 65.9 Å². The standard InChI is InChI=1S/2C19H22N2O6.2C2H3N.6C2H4O2.3Ni.3H2O.2Tb/c2*1-26-15-7-3-5-12(17(15)23)9-20-10-13(22)11-21-19(25)14-6-4-8-16(27-2)18(14)24;2*1-2-3;6*1-2(3)4;;;;;;;;/h2*3-9,13,22-24H,10-11H2,1-2H3,(H,21,25);2*1H3;6*1H3,(H,3,4);;;;3*1H2;;/q;;;;;;;;;;+2;2*+3;;;;;/p-12/t2*13-;;;;;;;;;;;;;;;;/m00................/s1. The Hall–Kier alpha value is -6.79. The summed E-state index contributed by atoms with van der Waals surface area (Å²) in [6.45, 7) is 8.43. The van der Waals surface area contributed by atoms with Gasteiger partial charge >= 0.3 is 49.5 Å². The number of methoxy groups -OCH3 is 4. The van der Waals surface area contributed by atoms with Crippen LogP contribution < -0.4 is 80.6 Å². The van der Waals surface area contributed by atoms with Crippen LogP contribution in [0.4, 0.5) is 0 Å². The van der Waals surface area contributed by atoms with Gasteiger partial charge in [0.2, 0.25) is 0 Å². The molecule has 4 aromatic carbocycles. The number of aliphatic hydroxyl groups is 2. The number of carboxylic acids is 6. The van der Waals surface area contributed by atoms with E-state index in [2.05, 4.69) is 20.6 Å². The van der Waals surface area contributed by atoms with Crippen molar-refractivity contribution in [2.24, 2.45) is 9.98 Å². The van der Waals surface area contributed by atoms with E-state index in [1.807, 2.05) is 0 Å². The number of benzene rings is 4. The van der Waals surface area contributed by atoms with Gasteiger partial charge in [0, 0.05) is 164 Å². The molecule has 8 N–H and O–H groups in total.